The van der Waals surface area contributed by atoms with Crippen molar-refractivity contribution in [2.45, 2.75) is 39.7 Å². The number of rotatable bonds is 3. The van der Waals surface area contributed by atoms with Crippen molar-refractivity contribution in [1.29, 1.82) is 0 Å². The van der Waals surface area contributed by atoms with Crippen LogP contribution in [-0.4, -0.2) is 21.5 Å². The van der Waals surface area contributed by atoms with Crippen molar-refractivity contribution in [3.8, 4) is 0 Å². The fraction of sp³-hybridized carbons (Fsp3) is 0.269. The third-order valence-electron chi connectivity index (χ3n) is 6.24. The molecular formula is C26H25FN4O2. The van der Waals surface area contributed by atoms with E-state index in [1.54, 1.807) is 16.8 Å². The number of halogens is 1. The molecule has 1 aliphatic heterocycles. The van der Waals surface area contributed by atoms with Gasteiger partial charge in [-0.25, -0.2) is 9.07 Å². The predicted octanol–water partition coefficient (Wildman–Crippen LogP) is 5.24. The van der Waals surface area contributed by atoms with Crippen LogP contribution in [0, 0.1) is 18.2 Å². The standard InChI is InChI=1S/C26H25FN4O2/c1-15-4-10-18(11-5-15)29-25(33)19-14-28-31-23(16-6-8-17(27)9-7-16)22-20(30-24(19)31)12-26(2,3)13-21(22)32/h4-11,14,23,30H,12-13H2,1-3H3,(H,29,33)/t23-/m0/s1. The van der Waals surface area contributed by atoms with E-state index in [-0.39, 0.29) is 22.9 Å². The van der Waals surface area contributed by atoms with E-state index in [1.165, 1.54) is 18.3 Å². The second-order valence-corrected chi connectivity index (χ2v) is 9.58. The molecule has 1 amide bonds. The van der Waals surface area contributed by atoms with Crippen LogP contribution >= 0.6 is 0 Å². The minimum Gasteiger partial charge on any atom is -0.343 e. The molecule has 0 unspecified atom stereocenters. The number of anilines is 2. The molecule has 2 aliphatic rings. The molecule has 0 radical (unpaired) electrons. The summed E-state index contributed by atoms with van der Waals surface area (Å²) in [4.78, 5) is 26.4. The number of Topliss-reactive ketones (excluding diaryl/α,β-unsaturated/α-hetero) is 1. The van der Waals surface area contributed by atoms with Crippen molar-refractivity contribution in [1.82, 2.24) is 9.78 Å². The lowest BCUT2D eigenvalue weighted by molar-refractivity contribution is -0.118. The first-order valence-corrected chi connectivity index (χ1v) is 11.0. The Kier molecular flexibility index (Phi) is 4.92. The number of carbonyl (C=O) groups is 2. The van der Waals surface area contributed by atoms with Gasteiger partial charge in [0, 0.05) is 23.4 Å². The maximum Gasteiger partial charge on any atom is 0.261 e. The Morgan fingerprint density at radius 1 is 1.12 bits per heavy atom. The van der Waals surface area contributed by atoms with E-state index < -0.39 is 6.04 Å². The van der Waals surface area contributed by atoms with Gasteiger partial charge in [0.15, 0.2) is 5.78 Å². The lowest BCUT2D eigenvalue weighted by atomic mass is 9.73. The summed E-state index contributed by atoms with van der Waals surface area (Å²) in [6.45, 7) is 6.10. The van der Waals surface area contributed by atoms with Crippen molar-refractivity contribution < 1.29 is 14.0 Å². The number of carbonyl (C=O) groups excluding carboxylic acids is 2. The van der Waals surface area contributed by atoms with Crippen LogP contribution in [0.1, 0.15) is 54.2 Å². The molecule has 0 fully saturated rings. The number of nitrogens with one attached hydrogen (secondary N) is 2. The number of aryl methyl sites for hydroxylation is 1. The lowest BCUT2D eigenvalue weighted by Crippen LogP contribution is -2.37. The quantitative estimate of drug-likeness (QED) is 0.579. The lowest BCUT2D eigenvalue weighted by Gasteiger charge is -2.39. The minimum absolute atomic E-state index is 0.0369. The second-order valence-electron chi connectivity index (χ2n) is 9.58. The smallest absolute Gasteiger partial charge is 0.261 e. The Morgan fingerprint density at radius 3 is 2.52 bits per heavy atom. The van der Waals surface area contributed by atoms with Crippen LogP contribution in [0.4, 0.5) is 15.9 Å². The van der Waals surface area contributed by atoms with Crippen LogP contribution in [0.15, 0.2) is 66.0 Å². The molecule has 0 saturated heterocycles. The number of amides is 1. The van der Waals surface area contributed by atoms with Gasteiger partial charge >= 0.3 is 0 Å². The van der Waals surface area contributed by atoms with Gasteiger partial charge in [0.05, 0.1) is 6.20 Å². The third-order valence-corrected chi connectivity index (χ3v) is 6.24. The maximum atomic E-state index is 13.6. The minimum atomic E-state index is -0.527. The van der Waals surface area contributed by atoms with Crippen molar-refractivity contribution in [2.75, 3.05) is 10.6 Å². The summed E-state index contributed by atoms with van der Waals surface area (Å²) in [6, 6.07) is 13.1. The van der Waals surface area contributed by atoms with Crippen molar-refractivity contribution in [2.24, 2.45) is 5.41 Å². The molecule has 168 valence electrons. The van der Waals surface area contributed by atoms with E-state index >= 15 is 0 Å². The molecular weight excluding hydrogens is 419 g/mol. The molecule has 3 aromatic rings. The first-order chi connectivity index (χ1) is 15.7. The zero-order chi connectivity index (χ0) is 23.3. The van der Waals surface area contributed by atoms with E-state index in [0.717, 1.165) is 16.8 Å². The van der Waals surface area contributed by atoms with Gasteiger partial charge < -0.3 is 10.6 Å². The third kappa shape index (κ3) is 3.84. The van der Waals surface area contributed by atoms with E-state index in [2.05, 4.69) is 29.6 Å². The zero-order valence-electron chi connectivity index (χ0n) is 18.8. The Morgan fingerprint density at radius 2 is 1.82 bits per heavy atom. The number of hydrogen-bond donors (Lipinski definition) is 2. The number of nitrogens with zero attached hydrogens (tertiary/aromatic N) is 2. The molecule has 33 heavy (non-hydrogen) atoms. The Labute approximate surface area is 191 Å². The molecule has 2 heterocycles. The molecule has 2 N–H and O–H groups in total. The molecule has 1 atom stereocenters. The molecule has 7 heteroatoms. The van der Waals surface area contributed by atoms with E-state index in [9.17, 15) is 14.0 Å². The zero-order valence-corrected chi connectivity index (χ0v) is 18.8. The van der Waals surface area contributed by atoms with Gasteiger partial charge in [-0.15, -0.1) is 0 Å². The SMILES string of the molecule is Cc1ccc(NC(=O)c2cnn3c2NC2=C(C(=O)CC(C)(C)C2)[C@@H]3c2ccc(F)cc2)cc1. The normalized spacial score (nSPS) is 18.9. The summed E-state index contributed by atoms with van der Waals surface area (Å²) in [6.07, 6.45) is 2.59. The maximum absolute atomic E-state index is 13.6. The average Bonchev–Trinajstić information content (AvgIpc) is 3.17. The highest BCUT2D eigenvalue weighted by molar-refractivity contribution is 6.08. The summed E-state index contributed by atoms with van der Waals surface area (Å²) in [5.74, 6) is -0.0826. The van der Waals surface area contributed by atoms with Crippen molar-refractivity contribution >= 4 is 23.2 Å². The fourth-order valence-electron chi connectivity index (χ4n) is 4.67. The molecule has 0 spiro atoms. The van der Waals surface area contributed by atoms with Gasteiger partial charge in [-0.05, 0) is 48.6 Å². The predicted molar refractivity (Wildman–Crippen MR) is 125 cm³/mol. The van der Waals surface area contributed by atoms with Crippen LogP contribution in [0.25, 0.3) is 0 Å². The van der Waals surface area contributed by atoms with Crippen molar-refractivity contribution in [3.63, 3.8) is 0 Å². The number of benzene rings is 2. The number of hydrogen-bond acceptors (Lipinski definition) is 4. The number of aromatic nitrogens is 2. The molecule has 6 nitrogen and oxygen atoms in total. The van der Waals surface area contributed by atoms with Gasteiger partial charge in [0.2, 0.25) is 0 Å². The highest BCUT2D eigenvalue weighted by atomic mass is 19.1. The van der Waals surface area contributed by atoms with Crippen LogP contribution < -0.4 is 10.6 Å². The Balaban J connectivity index is 1.58. The van der Waals surface area contributed by atoms with Gasteiger partial charge in [-0.1, -0.05) is 43.7 Å². The van der Waals surface area contributed by atoms with Gasteiger partial charge in [-0.2, -0.15) is 5.10 Å². The molecule has 1 aromatic heterocycles. The Hall–Kier alpha value is -3.74. The van der Waals surface area contributed by atoms with Gasteiger partial charge in [0.1, 0.15) is 23.2 Å². The van der Waals surface area contributed by atoms with Crippen LogP contribution in [0.3, 0.4) is 0 Å². The van der Waals surface area contributed by atoms with Crippen molar-refractivity contribution in [3.05, 3.63) is 88.5 Å². The van der Waals surface area contributed by atoms with Gasteiger partial charge in [-0.3, -0.25) is 9.59 Å². The molecule has 2 aromatic carbocycles. The van der Waals surface area contributed by atoms with Gasteiger partial charge in [0.25, 0.3) is 5.91 Å². The molecule has 1 aliphatic carbocycles. The summed E-state index contributed by atoms with van der Waals surface area (Å²) in [7, 11) is 0. The van der Waals surface area contributed by atoms with Crippen LogP contribution in [0.2, 0.25) is 0 Å². The van der Waals surface area contributed by atoms with Crippen LogP contribution in [0.5, 0.6) is 0 Å². The second kappa shape index (κ2) is 7.69. The molecule has 0 bridgehead atoms. The summed E-state index contributed by atoms with van der Waals surface area (Å²) >= 11 is 0. The number of allylic oxidation sites excluding steroid dienone is 2. The summed E-state index contributed by atoms with van der Waals surface area (Å²) in [5, 5.41) is 10.7. The van der Waals surface area contributed by atoms with E-state index in [1.807, 2.05) is 31.2 Å². The average molecular weight is 445 g/mol. The van der Waals surface area contributed by atoms with Crippen LogP contribution in [-0.2, 0) is 4.79 Å². The molecule has 5 rings (SSSR count). The highest BCUT2D eigenvalue weighted by Crippen LogP contribution is 2.46. The monoisotopic (exact) mass is 444 g/mol. The summed E-state index contributed by atoms with van der Waals surface area (Å²) < 4.78 is 15.3. The number of ketones is 1. The van der Waals surface area contributed by atoms with E-state index in [0.29, 0.717) is 35.5 Å². The van der Waals surface area contributed by atoms with E-state index in [4.69, 9.17) is 0 Å². The first kappa shape index (κ1) is 21.1. The topological polar surface area (TPSA) is 76.0 Å². The largest absolute Gasteiger partial charge is 0.343 e. The molecule has 0 saturated carbocycles. The number of fused-ring (bicyclic) bond motifs is 1. The Bertz CT molecular complexity index is 1290. The first-order valence-electron chi connectivity index (χ1n) is 11.0. The fourth-order valence-corrected chi connectivity index (χ4v) is 4.67. The summed E-state index contributed by atoms with van der Waals surface area (Å²) in [5.41, 5.74) is 4.13. The highest BCUT2D eigenvalue weighted by Gasteiger charge is 2.42.